The van der Waals surface area contributed by atoms with E-state index in [2.05, 4.69) is 0 Å². The van der Waals surface area contributed by atoms with Crippen LogP contribution in [0.1, 0.15) is 44.1 Å². The predicted molar refractivity (Wildman–Crippen MR) is 115 cm³/mol. The summed E-state index contributed by atoms with van der Waals surface area (Å²) in [4.78, 5) is 12.1. The van der Waals surface area contributed by atoms with E-state index < -0.39 is 18.2 Å². The molecule has 0 fully saturated rings. The molecule has 2 heterocycles. The number of carbonyl (C=O) groups is 1. The highest BCUT2D eigenvalue weighted by Gasteiger charge is 2.43. The molecular weight excluding hydrogens is 432 g/mol. The van der Waals surface area contributed by atoms with Crippen LogP contribution in [0.15, 0.2) is 12.1 Å². The molecule has 0 amide bonds. The lowest BCUT2D eigenvalue weighted by molar-refractivity contribution is -0.151. The van der Waals surface area contributed by atoms with E-state index in [1.165, 1.54) is 21.1 Å². The van der Waals surface area contributed by atoms with Crippen molar-refractivity contribution in [1.29, 1.82) is 0 Å². The first-order valence-corrected chi connectivity index (χ1v) is 10.7. The van der Waals surface area contributed by atoms with Crippen molar-refractivity contribution in [2.75, 3.05) is 27.8 Å². The molecule has 5 rings (SSSR count). The molecule has 4 atom stereocenters. The van der Waals surface area contributed by atoms with Gasteiger partial charge >= 0.3 is 5.97 Å². The average molecular weight is 458 g/mol. The molecule has 0 saturated heterocycles. The molecule has 3 aliphatic rings. The molecule has 9 heteroatoms. The average Bonchev–Trinajstić information content (AvgIpc) is 3.47. The van der Waals surface area contributed by atoms with E-state index in [-0.39, 0.29) is 25.4 Å². The van der Waals surface area contributed by atoms with Crippen LogP contribution < -0.4 is 28.4 Å². The molecular formula is C24H26O9. The molecule has 0 aromatic heterocycles. The summed E-state index contributed by atoms with van der Waals surface area (Å²) in [5.41, 5.74) is 2.40. The minimum Gasteiger partial charge on any atom is -0.492 e. The number of benzene rings is 2. The van der Waals surface area contributed by atoms with Crippen molar-refractivity contribution in [1.82, 2.24) is 0 Å². The molecule has 2 aromatic carbocycles. The third-order valence-corrected chi connectivity index (χ3v) is 6.68. The van der Waals surface area contributed by atoms with Crippen LogP contribution in [0.4, 0.5) is 0 Å². The first-order chi connectivity index (χ1) is 15.9. The number of rotatable bonds is 3. The minimum absolute atomic E-state index is 0.0343. The van der Waals surface area contributed by atoms with Crippen LogP contribution in [0.2, 0.25) is 0 Å². The first kappa shape index (κ1) is 21.5. The monoisotopic (exact) mass is 458 g/mol. The smallest absolute Gasteiger partial charge is 0.303 e. The number of fused-ring (bicyclic) bond motifs is 5. The Balaban J connectivity index is 1.93. The SMILES string of the molecule is COc1c2c(cc3c1-c1c(cc4c(c1OC)OCO4)[C@H](O)[C@@H](C)[C@@H](C)[C@@H]3OC(C)=O)OCO2. The van der Waals surface area contributed by atoms with Crippen LogP contribution in [-0.4, -0.2) is 38.9 Å². The normalized spacial score (nSPS) is 24.3. The van der Waals surface area contributed by atoms with Gasteiger partial charge in [-0.3, -0.25) is 4.79 Å². The molecule has 2 aromatic rings. The summed E-state index contributed by atoms with van der Waals surface area (Å²) < 4.78 is 40.2. The molecule has 0 bridgehead atoms. The maximum absolute atomic E-state index is 12.1. The van der Waals surface area contributed by atoms with Crippen LogP contribution in [0, 0.1) is 11.8 Å². The summed E-state index contributed by atoms with van der Waals surface area (Å²) in [5, 5.41) is 11.5. The van der Waals surface area contributed by atoms with E-state index in [4.69, 9.17) is 33.2 Å². The summed E-state index contributed by atoms with van der Waals surface area (Å²) in [5.74, 6) is 1.64. The van der Waals surface area contributed by atoms with Gasteiger partial charge in [-0.25, -0.2) is 0 Å². The molecule has 1 N–H and O–H groups in total. The predicted octanol–water partition coefficient (Wildman–Crippen LogP) is 3.75. The van der Waals surface area contributed by atoms with Gasteiger partial charge in [0.25, 0.3) is 0 Å². The van der Waals surface area contributed by atoms with Crippen molar-refractivity contribution < 1.29 is 43.1 Å². The van der Waals surface area contributed by atoms with Crippen molar-refractivity contribution in [2.45, 2.75) is 33.0 Å². The van der Waals surface area contributed by atoms with Crippen molar-refractivity contribution in [3.63, 3.8) is 0 Å². The fourth-order valence-electron chi connectivity index (χ4n) is 4.90. The molecule has 33 heavy (non-hydrogen) atoms. The lowest BCUT2D eigenvalue weighted by Gasteiger charge is -2.37. The summed E-state index contributed by atoms with van der Waals surface area (Å²) in [6.07, 6.45) is -1.60. The molecule has 0 unspecified atom stereocenters. The first-order valence-electron chi connectivity index (χ1n) is 10.7. The summed E-state index contributed by atoms with van der Waals surface area (Å²) in [6, 6.07) is 3.58. The molecule has 1 aliphatic carbocycles. The number of hydrogen-bond acceptors (Lipinski definition) is 9. The summed E-state index contributed by atoms with van der Waals surface area (Å²) in [6.45, 7) is 5.30. The van der Waals surface area contributed by atoms with Crippen molar-refractivity contribution in [3.05, 3.63) is 23.3 Å². The van der Waals surface area contributed by atoms with Gasteiger partial charge in [0, 0.05) is 29.5 Å². The molecule has 0 radical (unpaired) electrons. The van der Waals surface area contributed by atoms with Gasteiger partial charge in [-0.15, -0.1) is 0 Å². The molecule has 9 nitrogen and oxygen atoms in total. The number of aliphatic hydroxyl groups is 1. The Bertz CT molecular complexity index is 1130. The van der Waals surface area contributed by atoms with Crippen LogP contribution in [0.5, 0.6) is 34.5 Å². The molecule has 2 aliphatic heterocycles. The van der Waals surface area contributed by atoms with Gasteiger partial charge in [0.15, 0.2) is 23.0 Å². The lowest BCUT2D eigenvalue weighted by atomic mass is 9.74. The fourth-order valence-corrected chi connectivity index (χ4v) is 4.90. The second-order valence-electron chi connectivity index (χ2n) is 8.41. The third kappa shape index (κ3) is 3.13. The highest BCUT2D eigenvalue weighted by Crippen LogP contribution is 2.60. The van der Waals surface area contributed by atoms with Crippen LogP contribution in [-0.2, 0) is 9.53 Å². The van der Waals surface area contributed by atoms with E-state index in [1.807, 2.05) is 19.9 Å². The van der Waals surface area contributed by atoms with Crippen molar-refractivity contribution in [2.24, 2.45) is 11.8 Å². The Hall–Kier alpha value is -3.33. The van der Waals surface area contributed by atoms with E-state index in [0.29, 0.717) is 56.8 Å². The van der Waals surface area contributed by atoms with E-state index in [0.717, 1.165) is 0 Å². The Kier molecular flexibility index (Phi) is 5.16. The Morgan fingerprint density at radius 3 is 1.91 bits per heavy atom. The fraction of sp³-hybridized carbons (Fsp3) is 0.458. The topological polar surface area (TPSA) is 102 Å². The van der Waals surface area contributed by atoms with E-state index in [1.54, 1.807) is 6.07 Å². The van der Waals surface area contributed by atoms with Gasteiger partial charge in [0.1, 0.15) is 6.10 Å². The zero-order chi connectivity index (χ0) is 23.4. The maximum Gasteiger partial charge on any atom is 0.303 e. The third-order valence-electron chi connectivity index (χ3n) is 6.68. The Morgan fingerprint density at radius 2 is 1.39 bits per heavy atom. The van der Waals surface area contributed by atoms with Gasteiger partial charge < -0.3 is 38.3 Å². The zero-order valence-electron chi connectivity index (χ0n) is 19.1. The molecule has 0 spiro atoms. The summed E-state index contributed by atoms with van der Waals surface area (Å²) >= 11 is 0. The number of ether oxygens (including phenoxy) is 7. The Morgan fingerprint density at radius 1 is 0.879 bits per heavy atom. The second-order valence-corrected chi connectivity index (χ2v) is 8.41. The number of esters is 1. The summed E-state index contributed by atoms with van der Waals surface area (Å²) in [7, 11) is 3.05. The highest BCUT2D eigenvalue weighted by atomic mass is 16.7. The van der Waals surface area contributed by atoms with Crippen LogP contribution in [0.3, 0.4) is 0 Å². The van der Waals surface area contributed by atoms with Crippen LogP contribution >= 0.6 is 0 Å². The van der Waals surface area contributed by atoms with Gasteiger partial charge in [0.2, 0.25) is 25.1 Å². The van der Waals surface area contributed by atoms with Gasteiger partial charge in [-0.2, -0.15) is 0 Å². The minimum atomic E-state index is -0.917. The van der Waals surface area contributed by atoms with E-state index in [9.17, 15) is 9.90 Å². The standard InChI is InChI=1S/C24H26O9/c1-10-11(2)20(33-12(3)25)14-7-16-22(32-9-30-16)24(28-5)18(14)17-13(19(10)26)6-15-21(23(17)27-4)31-8-29-15/h6-7,10-11,19-20,26H,8-9H2,1-5H3/t10-,11+,19+,20-/m0/s1. The maximum atomic E-state index is 12.1. The van der Waals surface area contributed by atoms with Gasteiger partial charge in [-0.05, 0) is 23.6 Å². The molecule has 0 saturated carbocycles. The largest absolute Gasteiger partial charge is 0.492 e. The van der Waals surface area contributed by atoms with Gasteiger partial charge in [0.05, 0.1) is 20.3 Å². The number of methoxy groups -OCH3 is 2. The zero-order valence-corrected chi connectivity index (χ0v) is 19.1. The van der Waals surface area contributed by atoms with Gasteiger partial charge in [-0.1, -0.05) is 13.8 Å². The number of carbonyl (C=O) groups excluding carboxylic acids is 1. The van der Waals surface area contributed by atoms with Crippen LogP contribution in [0.25, 0.3) is 11.1 Å². The lowest BCUT2D eigenvalue weighted by Crippen LogP contribution is -2.28. The van der Waals surface area contributed by atoms with Crippen molar-refractivity contribution >= 4 is 5.97 Å². The number of hydrogen-bond donors (Lipinski definition) is 1. The quantitative estimate of drug-likeness (QED) is 0.689. The number of aliphatic hydroxyl groups excluding tert-OH is 1. The Labute approximate surface area is 191 Å². The highest BCUT2D eigenvalue weighted by molar-refractivity contribution is 5.89. The van der Waals surface area contributed by atoms with Crippen molar-refractivity contribution in [3.8, 4) is 45.6 Å². The second kappa shape index (κ2) is 7.91. The molecule has 176 valence electrons. The van der Waals surface area contributed by atoms with E-state index >= 15 is 0 Å².